The van der Waals surface area contributed by atoms with Crippen LogP contribution in [0.25, 0.3) is 0 Å². The zero-order chi connectivity index (χ0) is 23.5. The highest BCUT2D eigenvalue weighted by molar-refractivity contribution is 7.89. The van der Waals surface area contributed by atoms with Crippen molar-refractivity contribution in [1.29, 1.82) is 0 Å². The van der Waals surface area contributed by atoms with Crippen LogP contribution in [0.2, 0.25) is 0 Å². The Morgan fingerprint density at radius 1 is 1.03 bits per heavy atom. The number of nitrogens with one attached hydrogen (secondary N) is 2. The van der Waals surface area contributed by atoms with Gasteiger partial charge in [0.2, 0.25) is 10.0 Å². The second-order valence-electron chi connectivity index (χ2n) is 7.31. The van der Waals surface area contributed by atoms with Crippen LogP contribution in [0.15, 0.2) is 53.4 Å². The fourth-order valence-corrected chi connectivity index (χ4v) is 3.87. The van der Waals surface area contributed by atoms with Gasteiger partial charge in [0.25, 0.3) is 5.91 Å². The first-order valence-electron chi connectivity index (χ1n) is 9.60. The molecule has 1 saturated heterocycles. The van der Waals surface area contributed by atoms with Crippen LogP contribution >= 0.6 is 0 Å². The Bertz CT molecular complexity index is 1100. The Labute approximate surface area is 182 Å². The second-order valence-corrected chi connectivity index (χ2v) is 8.87. The first-order valence-corrected chi connectivity index (χ1v) is 11.1. The van der Waals surface area contributed by atoms with Gasteiger partial charge in [-0.1, -0.05) is 6.07 Å². The minimum Gasteiger partial charge on any atom is -0.338 e. The molecule has 0 radical (unpaired) electrons. The van der Waals surface area contributed by atoms with E-state index in [1.54, 1.807) is 4.90 Å². The summed E-state index contributed by atoms with van der Waals surface area (Å²) in [4.78, 5) is 26.2. The van der Waals surface area contributed by atoms with E-state index in [9.17, 15) is 31.2 Å². The topological polar surface area (TPSA) is 122 Å². The molecule has 3 rings (SSSR count). The fraction of sp³-hybridized carbons (Fsp3) is 0.300. The number of primary sulfonamides is 1. The molecular formula is C20H21F3N4O4S. The lowest BCUT2D eigenvalue weighted by molar-refractivity contribution is -0.137. The summed E-state index contributed by atoms with van der Waals surface area (Å²) < 4.78 is 60.8. The number of rotatable bonds is 4. The molecule has 172 valence electrons. The predicted molar refractivity (Wildman–Crippen MR) is 110 cm³/mol. The smallest absolute Gasteiger partial charge is 0.338 e. The lowest BCUT2D eigenvalue weighted by Gasteiger charge is -2.32. The van der Waals surface area contributed by atoms with Crippen LogP contribution in [-0.4, -0.2) is 44.4 Å². The van der Waals surface area contributed by atoms with E-state index in [1.165, 1.54) is 36.4 Å². The van der Waals surface area contributed by atoms with Crippen LogP contribution in [0, 0.1) is 0 Å². The van der Waals surface area contributed by atoms with Crippen LogP contribution in [0.1, 0.15) is 28.8 Å². The van der Waals surface area contributed by atoms with E-state index in [4.69, 9.17) is 5.14 Å². The number of anilines is 1. The monoisotopic (exact) mass is 470 g/mol. The molecule has 0 saturated carbocycles. The number of urea groups is 1. The molecule has 1 fully saturated rings. The minimum atomic E-state index is -4.45. The summed E-state index contributed by atoms with van der Waals surface area (Å²) in [7, 11) is -3.93. The van der Waals surface area contributed by atoms with Crippen molar-refractivity contribution in [2.75, 3.05) is 18.4 Å². The molecular weight excluding hydrogens is 449 g/mol. The predicted octanol–water partition coefficient (Wildman–Crippen LogP) is 2.78. The highest BCUT2D eigenvalue weighted by Gasteiger charge is 2.30. The van der Waals surface area contributed by atoms with Crippen molar-refractivity contribution in [2.45, 2.75) is 30.0 Å². The molecule has 2 aromatic carbocycles. The van der Waals surface area contributed by atoms with Crippen LogP contribution in [-0.2, 0) is 16.2 Å². The normalized spacial score (nSPS) is 15.3. The quantitative estimate of drug-likeness (QED) is 0.636. The maximum Gasteiger partial charge on any atom is 0.416 e. The SMILES string of the molecule is NS(=O)(=O)c1cccc(C(=O)N2CCC(NC(=O)Nc3ccc(C(F)(F)F)cc3)CC2)c1. The summed E-state index contributed by atoms with van der Waals surface area (Å²) in [6.07, 6.45) is -3.53. The molecule has 1 heterocycles. The lowest BCUT2D eigenvalue weighted by Crippen LogP contribution is -2.47. The van der Waals surface area contributed by atoms with Gasteiger partial charge in [-0.2, -0.15) is 13.2 Å². The Morgan fingerprint density at radius 3 is 2.22 bits per heavy atom. The first kappa shape index (κ1) is 23.5. The van der Waals surface area contributed by atoms with Crippen LogP contribution in [0.4, 0.5) is 23.7 Å². The zero-order valence-electron chi connectivity index (χ0n) is 16.7. The van der Waals surface area contributed by atoms with Crippen molar-refractivity contribution in [3.8, 4) is 0 Å². The Kier molecular flexibility index (Phi) is 6.74. The van der Waals surface area contributed by atoms with E-state index < -0.39 is 27.8 Å². The van der Waals surface area contributed by atoms with Crippen molar-refractivity contribution in [3.05, 3.63) is 59.7 Å². The van der Waals surface area contributed by atoms with Gasteiger partial charge in [-0.15, -0.1) is 0 Å². The third kappa shape index (κ3) is 5.98. The van der Waals surface area contributed by atoms with Gasteiger partial charge >= 0.3 is 12.2 Å². The largest absolute Gasteiger partial charge is 0.416 e. The number of hydrogen-bond donors (Lipinski definition) is 3. The number of halogens is 3. The van der Waals surface area contributed by atoms with Gasteiger partial charge in [0.15, 0.2) is 0 Å². The van der Waals surface area contributed by atoms with E-state index in [0.29, 0.717) is 25.9 Å². The molecule has 0 unspecified atom stereocenters. The van der Waals surface area contributed by atoms with Gasteiger partial charge in [-0.3, -0.25) is 4.79 Å². The number of sulfonamides is 1. The standard InChI is InChI=1S/C20H21F3N4O4S/c21-20(22,23)14-4-6-15(7-5-14)25-19(29)26-16-8-10-27(11-9-16)18(28)13-2-1-3-17(12-13)32(24,30)31/h1-7,12,16H,8-11H2,(H2,24,30,31)(H2,25,26,29). The summed E-state index contributed by atoms with van der Waals surface area (Å²) in [5, 5.41) is 10.3. The molecule has 12 heteroatoms. The van der Waals surface area contributed by atoms with E-state index in [-0.39, 0.29) is 28.1 Å². The third-order valence-electron chi connectivity index (χ3n) is 5.00. The maximum absolute atomic E-state index is 12.7. The molecule has 0 aromatic heterocycles. The number of carbonyl (C=O) groups is 2. The van der Waals surface area contributed by atoms with Crippen LogP contribution < -0.4 is 15.8 Å². The Balaban J connectivity index is 1.51. The van der Waals surface area contributed by atoms with Crippen molar-refractivity contribution < 1.29 is 31.2 Å². The Hall–Kier alpha value is -3.12. The number of nitrogens with two attached hydrogens (primary N) is 1. The zero-order valence-corrected chi connectivity index (χ0v) is 17.5. The number of nitrogens with zero attached hydrogens (tertiary/aromatic N) is 1. The maximum atomic E-state index is 12.7. The Morgan fingerprint density at radius 2 is 1.66 bits per heavy atom. The van der Waals surface area contributed by atoms with Gasteiger partial charge in [0, 0.05) is 30.4 Å². The van der Waals surface area contributed by atoms with E-state index in [0.717, 1.165) is 12.1 Å². The number of likely N-dealkylation sites (tertiary alicyclic amines) is 1. The van der Waals surface area contributed by atoms with Crippen LogP contribution in [0.3, 0.4) is 0 Å². The number of hydrogen-bond acceptors (Lipinski definition) is 4. The van der Waals surface area contributed by atoms with E-state index in [2.05, 4.69) is 10.6 Å². The molecule has 1 aliphatic rings. The summed E-state index contributed by atoms with van der Waals surface area (Å²) in [6, 6.07) is 8.76. The summed E-state index contributed by atoms with van der Waals surface area (Å²) >= 11 is 0. The molecule has 8 nitrogen and oxygen atoms in total. The van der Waals surface area contributed by atoms with Crippen molar-refractivity contribution in [3.63, 3.8) is 0 Å². The molecule has 2 aromatic rings. The number of alkyl halides is 3. The summed E-state index contributed by atoms with van der Waals surface area (Å²) in [6.45, 7) is 0.674. The molecule has 32 heavy (non-hydrogen) atoms. The average Bonchev–Trinajstić information content (AvgIpc) is 2.73. The van der Waals surface area contributed by atoms with E-state index in [1.807, 2.05) is 0 Å². The van der Waals surface area contributed by atoms with E-state index >= 15 is 0 Å². The molecule has 0 bridgehead atoms. The molecule has 0 spiro atoms. The van der Waals surface area contributed by atoms with Crippen molar-refractivity contribution in [2.24, 2.45) is 5.14 Å². The molecule has 4 N–H and O–H groups in total. The minimum absolute atomic E-state index is 0.153. The summed E-state index contributed by atoms with van der Waals surface area (Å²) in [5.41, 5.74) is -0.393. The number of amides is 3. The molecule has 3 amide bonds. The summed E-state index contributed by atoms with van der Waals surface area (Å²) in [5.74, 6) is -0.344. The second kappa shape index (κ2) is 9.17. The highest BCUT2D eigenvalue weighted by atomic mass is 32.2. The van der Waals surface area contributed by atoms with Gasteiger partial charge in [0.1, 0.15) is 0 Å². The number of benzene rings is 2. The van der Waals surface area contributed by atoms with Gasteiger partial charge in [-0.05, 0) is 55.3 Å². The lowest BCUT2D eigenvalue weighted by atomic mass is 10.0. The number of carbonyl (C=O) groups excluding carboxylic acids is 2. The highest BCUT2D eigenvalue weighted by Crippen LogP contribution is 2.29. The molecule has 0 aliphatic carbocycles. The van der Waals surface area contributed by atoms with Crippen LogP contribution in [0.5, 0.6) is 0 Å². The van der Waals surface area contributed by atoms with Gasteiger partial charge < -0.3 is 15.5 Å². The molecule has 0 atom stereocenters. The van der Waals surface area contributed by atoms with Gasteiger partial charge in [0.05, 0.1) is 10.5 Å². The number of piperidine rings is 1. The fourth-order valence-electron chi connectivity index (χ4n) is 3.31. The van der Waals surface area contributed by atoms with Gasteiger partial charge in [-0.25, -0.2) is 18.4 Å². The molecule has 1 aliphatic heterocycles. The van der Waals surface area contributed by atoms with Crippen molar-refractivity contribution in [1.82, 2.24) is 10.2 Å². The van der Waals surface area contributed by atoms with Crippen molar-refractivity contribution >= 4 is 27.6 Å². The first-order chi connectivity index (χ1) is 14.9. The third-order valence-corrected chi connectivity index (χ3v) is 5.91. The average molecular weight is 470 g/mol.